The first-order valence-corrected chi connectivity index (χ1v) is 11.1. The normalized spacial score (nSPS) is 14.6. The molecule has 1 aliphatic heterocycles. The summed E-state index contributed by atoms with van der Waals surface area (Å²) in [5.74, 6) is -0.639. The van der Waals surface area contributed by atoms with Crippen molar-refractivity contribution in [2.45, 2.75) is 0 Å². The number of benzene rings is 2. The number of hydrogen-bond acceptors (Lipinski definition) is 7. The number of para-hydroxylation sites is 1. The molecule has 1 aliphatic rings. The minimum absolute atomic E-state index is 0.0752. The van der Waals surface area contributed by atoms with Gasteiger partial charge in [-0.1, -0.05) is 35.3 Å². The smallest absolute Gasteiger partial charge is 0.294 e. The predicted octanol–water partition coefficient (Wildman–Crippen LogP) is 5.84. The van der Waals surface area contributed by atoms with E-state index in [1.54, 1.807) is 36.4 Å². The highest BCUT2D eigenvalue weighted by Crippen LogP contribution is 2.35. The van der Waals surface area contributed by atoms with Crippen molar-refractivity contribution in [1.82, 2.24) is 4.90 Å². The van der Waals surface area contributed by atoms with Gasteiger partial charge in [-0.25, -0.2) is 0 Å². The molecule has 1 saturated heterocycles. The fraction of sp³-hybridized carbons (Fsp3) is 0.0455. The predicted molar refractivity (Wildman–Crippen MR) is 129 cm³/mol. The molecule has 1 N–H and O–H groups in total. The van der Waals surface area contributed by atoms with Gasteiger partial charge in [0, 0.05) is 23.8 Å². The number of halogens is 2. The SMILES string of the molecule is O=C(CN1C(=O)S/C(=C/c2ccc(-c3ccc([N+](=O)[O-])cc3Cl)o2)C1=O)Nc1ccccc1Cl. The van der Waals surface area contributed by atoms with E-state index in [9.17, 15) is 24.5 Å². The molecule has 0 spiro atoms. The molecule has 34 heavy (non-hydrogen) atoms. The number of anilines is 1. The van der Waals surface area contributed by atoms with Crippen LogP contribution in [0.25, 0.3) is 17.4 Å². The summed E-state index contributed by atoms with van der Waals surface area (Å²) in [4.78, 5) is 48.5. The van der Waals surface area contributed by atoms with Crippen molar-refractivity contribution >= 4 is 69.5 Å². The molecular weight excluding hydrogens is 505 g/mol. The highest BCUT2D eigenvalue weighted by molar-refractivity contribution is 8.18. The summed E-state index contributed by atoms with van der Waals surface area (Å²) in [7, 11) is 0. The zero-order chi connectivity index (χ0) is 24.4. The third kappa shape index (κ3) is 4.98. The molecule has 0 atom stereocenters. The standard InChI is InChI=1S/C22H13Cl2N3O6S/c23-15-3-1-2-4-17(15)25-20(28)11-26-21(29)19(34-22(26)30)10-13-6-8-18(33-13)14-7-5-12(27(31)32)9-16(14)24/h1-10H,11H2,(H,25,28)/b19-10+. The molecule has 1 fully saturated rings. The Hall–Kier alpha value is -3.60. The molecule has 0 aliphatic carbocycles. The van der Waals surface area contributed by atoms with Crippen LogP contribution in [0.5, 0.6) is 0 Å². The van der Waals surface area contributed by atoms with Crippen molar-refractivity contribution in [2.24, 2.45) is 0 Å². The first kappa shape index (κ1) is 23.6. The second-order valence-electron chi connectivity index (χ2n) is 6.92. The largest absolute Gasteiger partial charge is 0.457 e. The van der Waals surface area contributed by atoms with E-state index in [0.29, 0.717) is 33.8 Å². The first-order chi connectivity index (χ1) is 16.2. The van der Waals surface area contributed by atoms with Crippen LogP contribution in [0.4, 0.5) is 16.2 Å². The van der Waals surface area contributed by atoms with Crippen LogP contribution in [-0.4, -0.2) is 33.4 Å². The lowest BCUT2D eigenvalue weighted by molar-refractivity contribution is -0.384. The fourth-order valence-electron chi connectivity index (χ4n) is 3.05. The maximum atomic E-state index is 12.7. The Morgan fingerprint density at radius 2 is 1.88 bits per heavy atom. The zero-order valence-electron chi connectivity index (χ0n) is 17.0. The van der Waals surface area contributed by atoms with Gasteiger partial charge in [0.15, 0.2) is 0 Å². The Labute approximate surface area is 206 Å². The van der Waals surface area contributed by atoms with E-state index in [2.05, 4.69) is 5.32 Å². The monoisotopic (exact) mass is 517 g/mol. The van der Waals surface area contributed by atoms with Gasteiger partial charge in [0.1, 0.15) is 18.1 Å². The minimum atomic E-state index is -0.643. The first-order valence-electron chi connectivity index (χ1n) is 9.57. The van der Waals surface area contributed by atoms with Crippen molar-refractivity contribution in [3.05, 3.63) is 85.4 Å². The third-order valence-corrected chi connectivity index (χ3v) is 6.20. The number of rotatable bonds is 6. The Morgan fingerprint density at radius 3 is 2.59 bits per heavy atom. The van der Waals surface area contributed by atoms with Gasteiger partial charge in [0.25, 0.3) is 16.8 Å². The number of hydrogen-bond donors (Lipinski definition) is 1. The second kappa shape index (κ2) is 9.72. The van der Waals surface area contributed by atoms with Gasteiger partial charge >= 0.3 is 0 Å². The lowest BCUT2D eigenvalue weighted by atomic mass is 10.1. The molecule has 4 rings (SSSR count). The van der Waals surface area contributed by atoms with E-state index < -0.39 is 28.5 Å². The molecule has 2 heterocycles. The van der Waals surface area contributed by atoms with E-state index >= 15 is 0 Å². The Morgan fingerprint density at radius 1 is 1.12 bits per heavy atom. The third-order valence-electron chi connectivity index (χ3n) is 4.65. The maximum Gasteiger partial charge on any atom is 0.294 e. The molecule has 2 aromatic carbocycles. The summed E-state index contributed by atoms with van der Waals surface area (Å²) in [5, 5.41) is 13.3. The van der Waals surface area contributed by atoms with E-state index in [0.717, 1.165) is 4.90 Å². The second-order valence-corrected chi connectivity index (χ2v) is 8.73. The molecule has 1 aromatic heterocycles. The van der Waals surface area contributed by atoms with E-state index in [1.807, 2.05) is 0 Å². The van der Waals surface area contributed by atoms with Crippen LogP contribution in [0.1, 0.15) is 5.76 Å². The number of carbonyl (C=O) groups excluding carboxylic acids is 3. The number of carbonyl (C=O) groups is 3. The quantitative estimate of drug-likeness (QED) is 0.247. The number of amides is 3. The van der Waals surface area contributed by atoms with Gasteiger partial charge in [-0.15, -0.1) is 0 Å². The van der Waals surface area contributed by atoms with Gasteiger partial charge in [-0.3, -0.25) is 29.4 Å². The van der Waals surface area contributed by atoms with E-state index in [1.165, 1.54) is 24.3 Å². The summed E-state index contributed by atoms with van der Waals surface area (Å²) < 4.78 is 5.68. The van der Waals surface area contributed by atoms with Crippen LogP contribution in [0.2, 0.25) is 10.0 Å². The number of nitro benzene ring substituents is 1. The van der Waals surface area contributed by atoms with Crippen LogP contribution < -0.4 is 5.32 Å². The van der Waals surface area contributed by atoms with Crippen molar-refractivity contribution in [3.8, 4) is 11.3 Å². The van der Waals surface area contributed by atoms with Gasteiger partial charge in [0.05, 0.1) is 25.6 Å². The lowest BCUT2D eigenvalue weighted by Gasteiger charge is -2.13. The molecule has 0 radical (unpaired) electrons. The summed E-state index contributed by atoms with van der Waals surface area (Å²) in [6.45, 7) is -0.477. The highest BCUT2D eigenvalue weighted by Gasteiger charge is 2.36. The number of nitrogens with one attached hydrogen (secondary N) is 1. The molecule has 0 bridgehead atoms. The van der Waals surface area contributed by atoms with E-state index in [4.69, 9.17) is 27.6 Å². The average molecular weight is 518 g/mol. The number of imide groups is 1. The number of thioether (sulfide) groups is 1. The lowest BCUT2D eigenvalue weighted by Crippen LogP contribution is -2.36. The maximum absolute atomic E-state index is 12.7. The van der Waals surface area contributed by atoms with Crippen molar-refractivity contribution in [1.29, 1.82) is 0 Å². The fourth-order valence-corrected chi connectivity index (χ4v) is 4.32. The topological polar surface area (TPSA) is 123 Å². The summed E-state index contributed by atoms with van der Waals surface area (Å²) in [6, 6.07) is 13.7. The summed E-state index contributed by atoms with van der Waals surface area (Å²) >= 11 is 12.8. The van der Waals surface area contributed by atoms with Gasteiger partial charge in [-0.05, 0) is 42.1 Å². The molecule has 0 saturated carbocycles. The van der Waals surface area contributed by atoms with Crippen molar-refractivity contribution < 1.29 is 23.7 Å². The summed E-state index contributed by atoms with van der Waals surface area (Å²) in [5.41, 5.74) is 0.633. The molecule has 3 amide bonds. The minimum Gasteiger partial charge on any atom is -0.457 e. The highest BCUT2D eigenvalue weighted by atomic mass is 35.5. The van der Waals surface area contributed by atoms with Crippen molar-refractivity contribution in [2.75, 3.05) is 11.9 Å². The number of furan rings is 1. The molecule has 3 aromatic rings. The average Bonchev–Trinajstić information content (AvgIpc) is 3.35. The Kier molecular flexibility index (Phi) is 6.73. The number of nitro groups is 1. The van der Waals surface area contributed by atoms with Crippen molar-refractivity contribution in [3.63, 3.8) is 0 Å². The molecule has 12 heteroatoms. The van der Waals surface area contributed by atoms with Gasteiger partial charge in [-0.2, -0.15) is 0 Å². The molecule has 172 valence electrons. The Balaban J connectivity index is 1.47. The summed E-state index contributed by atoms with van der Waals surface area (Å²) in [6.07, 6.45) is 1.37. The Bertz CT molecular complexity index is 1370. The van der Waals surface area contributed by atoms with Crippen LogP contribution in [0.3, 0.4) is 0 Å². The van der Waals surface area contributed by atoms with Gasteiger partial charge < -0.3 is 9.73 Å². The molecular formula is C22H13Cl2N3O6S. The number of nitrogens with zero attached hydrogens (tertiary/aromatic N) is 2. The molecule has 9 nitrogen and oxygen atoms in total. The van der Waals surface area contributed by atoms with Gasteiger partial charge in [0.2, 0.25) is 5.91 Å². The van der Waals surface area contributed by atoms with Crippen LogP contribution in [0.15, 0.2) is 63.9 Å². The molecule has 0 unspecified atom stereocenters. The number of non-ortho nitro benzene ring substituents is 1. The zero-order valence-corrected chi connectivity index (χ0v) is 19.3. The van der Waals surface area contributed by atoms with Crippen LogP contribution >= 0.6 is 35.0 Å². The van der Waals surface area contributed by atoms with Crippen LogP contribution in [0, 0.1) is 10.1 Å². The van der Waals surface area contributed by atoms with E-state index in [-0.39, 0.29) is 21.4 Å². The van der Waals surface area contributed by atoms with Crippen LogP contribution in [-0.2, 0) is 9.59 Å².